The van der Waals surface area contributed by atoms with Crippen LogP contribution in [0.2, 0.25) is 0 Å². The molecular weight excluding hydrogens is 372 g/mol. The fourth-order valence-corrected chi connectivity index (χ4v) is 2.63. The molecule has 0 saturated heterocycles. The van der Waals surface area contributed by atoms with Crippen molar-refractivity contribution in [3.8, 4) is 0 Å². The molecule has 2 rings (SSSR count). The van der Waals surface area contributed by atoms with Gasteiger partial charge in [-0.1, -0.05) is 12.1 Å². The van der Waals surface area contributed by atoms with Crippen molar-refractivity contribution in [2.24, 2.45) is 0 Å². The van der Waals surface area contributed by atoms with Gasteiger partial charge in [-0.05, 0) is 36.4 Å². The van der Waals surface area contributed by atoms with Gasteiger partial charge in [0.1, 0.15) is 12.4 Å². The summed E-state index contributed by atoms with van der Waals surface area (Å²) in [7, 11) is 0. The van der Waals surface area contributed by atoms with Gasteiger partial charge in [0, 0.05) is 16.1 Å². The maximum atomic E-state index is 13.5. The van der Waals surface area contributed by atoms with Gasteiger partial charge in [-0.3, -0.25) is 9.59 Å². The minimum absolute atomic E-state index is 0.0191. The molecule has 0 atom stereocenters. The second-order valence-electron chi connectivity index (χ2n) is 5.14. The van der Waals surface area contributed by atoms with E-state index in [2.05, 4.69) is 5.32 Å². The highest BCUT2D eigenvalue weighted by molar-refractivity contribution is 8.00. The van der Waals surface area contributed by atoms with Gasteiger partial charge in [-0.2, -0.15) is 13.2 Å². The molecular formula is C17H14F4N2O2S. The van der Waals surface area contributed by atoms with Gasteiger partial charge in [-0.25, -0.2) is 4.39 Å². The molecule has 4 nitrogen and oxygen atoms in total. The summed E-state index contributed by atoms with van der Waals surface area (Å²) in [5.41, 5.74) is 0.407. The number of anilines is 1. The van der Waals surface area contributed by atoms with Gasteiger partial charge >= 0.3 is 6.18 Å². The maximum Gasteiger partial charge on any atom is 0.405 e. The van der Waals surface area contributed by atoms with E-state index in [1.807, 2.05) is 0 Å². The van der Waals surface area contributed by atoms with Crippen LogP contribution in [0, 0.1) is 5.82 Å². The zero-order valence-electron chi connectivity index (χ0n) is 13.3. The predicted octanol–water partition coefficient (Wildman–Crippen LogP) is 3.85. The number of hydrogen-bond acceptors (Lipinski definition) is 3. The van der Waals surface area contributed by atoms with Crippen molar-refractivity contribution in [2.75, 3.05) is 17.6 Å². The normalized spacial score (nSPS) is 11.1. The highest BCUT2D eigenvalue weighted by atomic mass is 32.2. The number of benzene rings is 2. The highest BCUT2D eigenvalue weighted by Gasteiger charge is 2.27. The molecule has 0 aliphatic heterocycles. The van der Waals surface area contributed by atoms with E-state index in [1.54, 1.807) is 23.5 Å². The number of rotatable bonds is 6. The second kappa shape index (κ2) is 8.70. The molecule has 0 spiro atoms. The van der Waals surface area contributed by atoms with Crippen LogP contribution < -0.4 is 10.6 Å². The van der Waals surface area contributed by atoms with Gasteiger partial charge in [0.05, 0.1) is 5.75 Å². The number of thioether (sulfide) groups is 1. The summed E-state index contributed by atoms with van der Waals surface area (Å²) < 4.78 is 49.7. The predicted molar refractivity (Wildman–Crippen MR) is 90.6 cm³/mol. The molecule has 2 N–H and O–H groups in total. The first kappa shape index (κ1) is 19.8. The minimum atomic E-state index is -4.49. The van der Waals surface area contributed by atoms with E-state index in [1.165, 1.54) is 30.3 Å². The number of alkyl halides is 3. The van der Waals surface area contributed by atoms with Crippen LogP contribution in [0.1, 0.15) is 10.4 Å². The lowest BCUT2D eigenvalue weighted by molar-refractivity contribution is -0.123. The van der Waals surface area contributed by atoms with Crippen LogP contribution >= 0.6 is 11.8 Å². The molecule has 138 valence electrons. The van der Waals surface area contributed by atoms with Crippen molar-refractivity contribution in [2.45, 2.75) is 11.1 Å². The lowest BCUT2D eigenvalue weighted by Crippen LogP contribution is -2.33. The molecule has 0 bridgehead atoms. The Morgan fingerprint density at radius 1 is 1.00 bits per heavy atom. The van der Waals surface area contributed by atoms with Crippen molar-refractivity contribution < 1.29 is 27.2 Å². The van der Waals surface area contributed by atoms with Crippen LogP contribution in [0.3, 0.4) is 0 Å². The summed E-state index contributed by atoms with van der Waals surface area (Å²) in [5.74, 6) is -1.68. The van der Waals surface area contributed by atoms with Crippen LogP contribution in [0.4, 0.5) is 23.2 Å². The van der Waals surface area contributed by atoms with Crippen LogP contribution in [0.5, 0.6) is 0 Å². The van der Waals surface area contributed by atoms with Gasteiger partial charge in [-0.15, -0.1) is 11.8 Å². The fourth-order valence-electron chi connectivity index (χ4n) is 1.89. The van der Waals surface area contributed by atoms with Gasteiger partial charge in [0.15, 0.2) is 0 Å². The van der Waals surface area contributed by atoms with Crippen molar-refractivity contribution >= 4 is 29.3 Å². The third-order valence-electron chi connectivity index (χ3n) is 3.08. The minimum Gasteiger partial charge on any atom is -0.343 e. The van der Waals surface area contributed by atoms with Crippen LogP contribution in [-0.4, -0.2) is 30.3 Å². The summed E-state index contributed by atoms with van der Waals surface area (Å²) in [5, 5.41) is 4.31. The number of amides is 2. The smallest absolute Gasteiger partial charge is 0.343 e. The second-order valence-corrected chi connectivity index (χ2v) is 6.16. The summed E-state index contributed by atoms with van der Waals surface area (Å²) in [6.45, 7) is -1.42. The Kier molecular flexibility index (Phi) is 6.62. The summed E-state index contributed by atoms with van der Waals surface area (Å²) in [6, 6.07) is 11.4. The topological polar surface area (TPSA) is 58.2 Å². The summed E-state index contributed by atoms with van der Waals surface area (Å²) >= 11 is 1.03. The zero-order valence-corrected chi connectivity index (χ0v) is 14.1. The van der Waals surface area contributed by atoms with E-state index >= 15 is 0 Å². The lowest BCUT2D eigenvalue weighted by Gasteiger charge is -2.09. The Morgan fingerprint density at radius 3 is 2.27 bits per heavy atom. The first-order valence-electron chi connectivity index (χ1n) is 7.37. The quantitative estimate of drug-likeness (QED) is 0.586. The lowest BCUT2D eigenvalue weighted by atomic mass is 10.2. The Bertz CT molecular complexity index is 779. The SMILES string of the molecule is O=C(CSc1ccccc1F)Nc1ccc(C(=O)NCC(F)(F)F)cc1. The molecule has 0 radical (unpaired) electrons. The average molecular weight is 386 g/mol. The van der Waals surface area contributed by atoms with Crippen molar-refractivity contribution in [3.63, 3.8) is 0 Å². The molecule has 0 heterocycles. The molecule has 2 amide bonds. The zero-order chi connectivity index (χ0) is 19.2. The third-order valence-corrected chi connectivity index (χ3v) is 4.12. The van der Waals surface area contributed by atoms with Gasteiger partial charge in [0.25, 0.3) is 5.91 Å². The van der Waals surface area contributed by atoms with Crippen LogP contribution in [0.25, 0.3) is 0 Å². The first-order chi connectivity index (χ1) is 12.2. The highest BCUT2D eigenvalue weighted by Crippen LogP contribution is 2.21. The summed E-state index contributed by atoms with van der Waals surface area (Å²) in [6.07, 6.45) is -4.49. The molecule has 0 unspecified atom stereocenters. The van der Waals surface area contributed by atoms with Crippen LogP contribution in [0.15, 0.2) is 53.4 Å². The number of halogens is 4. The van der Waals surface area contributed by atoms with E-state index in [0.717, 1.165) is 11.8 Å². The van der Waals surface area contributed by atoms with E-state index < -0.39 is 24.4 Å². The Labute approximate surface area is 151 Å². The maximum absolute atomic E-state index is 13.5. The molecule has 0 aromatic heterocycles. The molecule has 0 aliphatic rings. The summed E-state index contributed by atoms with van der Waals surface area (Å²) in [4.78, 5) is 23.8. The van der Waals surface area contributed by atoms with Crippen molar-refractivity contribution in [1.29, 1.82) is 0 Å². The molecule has 0 fully saturated rings. The third kappa shape index (κ3) is 6.40. The molecule has 0 saturated carbocycles. The fraction of sp³-hybridized carbons (Fsp3) is 0.176. The van der Waals surface area contributed by atoms with Crippen LogP contribution in [-0.2, 0) is 4.79 Å². The largest absolute Gasteiger partial charge is 0.405 e. The molecule has 0 aliphatic carbocycles. The molecule has 26 heavy (non-hydrogen) atoms. The number of nitrogens with one attached hydrogen (secondary N) is 2. The van der Waals surface area contributed by atoms with Gasteiger partial charge < -0.3 is 10.6 Å². The van der Waals surface area contributed by atoms with Gasteiger partial charge in [0.2, 0.25) is 5.91 Å². The van der Waals surface area contributed by atoms with E-state index in [9.17, 15) is 27.2 Å². The van der Waals surface area contributed by atoms with E-state index in [-0.39, 0.29) is 17.2 Å². The Balaban J connectivity index is 1.85. The first-order valence-corrected chi connectivity index (χ1v) is 8.35. The van der Waals surface area contributed by atoms with Crippen molar-refractivity contribution in [1.82, 2.24) is 5.32 Å². The number of carbonyl (C=O) groups excluding carboxylic acids is 2. The molecule has 9 heteroatoms. The molecule has 2 aromatic carbocycles. The van der Waals surface area contributed by atoms with E-state index in [4.69, 9.17) is 0 Å². The monoisotopic (exact) mass is 386 g/mol. The number of carbonyl (C=O) groups is 2. The Morgan fingerprint density at radius 2 is 1.65 bits per heavy atom. The molecule has 2 aromatic rings. The van der Waals surface area contributed by atoms with Crippen molar-refractivity contribution in [3.05, 3.63) is 59.9 Å². The van der Waals surface area contributed by atoms with E-state index in [0.29, 0.717) is 10.6 Å². The average Bonchev–Trinajstić information content (AvgIpc) is 2.59. The standard InChI is InChI=1S/C17H14F4N2O2S/c18-13-3-1-2-4-14(13)26-9-15(24)23-12-7-5-11(6-8-12)16(25)22-10-17(19,20)21/h1-8H,9-10H2,(H,22,25)(H,23,24). The Hall–Kier alpha value is -2.55. The number of hydrogen-bond donors (Lipinski definition) is 2.